The van der Waals surface area contributed by atoms with Crippen molar-refractivity contribution in [2.45, 2.75) is 20.3 Å². The van der Waals surface area contributed by atoms with Gasteiger partial charge in [0, 0.05) is 11.6 Å². The van der Waals surface area contributed by atoms with Gasteiger partial charge in [0.05, 0.1) is 0 Å². The first-order chi connectivity index (χ1) is 8.92. The normalized spacial score (nSPS) is 10.1. The number of amides is 2. The van der Waals surface area contributed by atoms with Crippen LogP contribution in [0.1, 0.15) is 20.3 Å². The van der Waals surface area contributed by atoms with Crippen molar-refractivity contribution in [3.05, 3.63) is 29.8 Å². The lowest BCUT2D eigenvalue weighted by atomic mass is 10.2. The van der Waals surface area contributed by atoms with E-state index >= 15 is 0 Å². The molecule has 0 aliphatic heterocycles. The van der Waals surface area contributed by atoms with Crippen molar-refractivity contribution >= 4 is 12.3 Å². The molecule has 0 heterocycles. The number of carbonyl (C=O) groups excluding carboxylic acids is 2. The minimum absolute atomic E-state index is 0.0645. The van der Waals surface area contributed by atoms with Gasteiger partial charge in [-0.2, -0.15) is 0 Å². The van der Waals surface area contributed by atoms with Crippen molar-refractivity contribution in [2.24, 2.45) is 0 Å². The third kappa shape index (κ3) is 6.72. The zero-order chi connectivity index (χ0) is 14.8. The van der Waals surface area contributed by atoms with Crippen molar-refractivity contribution in [1.82, 2.24) is 5.32 Å². The van der Waals surface area contributed by atoms with Crippen molar-refractivity contribution in [3.63, 3.8) is 0 Å². The smallest absolute Gasteiger partial charge is 0.252 e. The average Bonchev–Trinajstić information content (AvgIpc) is 2.35. The summed E-state index contributed by atoms with van der Waals surface area (Å²) >= 11 is 0. The average molecular weight is 267 g/mol. The van der Waals surface area contributed by atoms with Gasteiger partial charge in [-0.1, -0.05) is 13.0 Å². The molecule has 0 spiro atoms. The van der Waals surface area contributed by atoms with Gasteiger partial charge in [0.2, 0.25) is 6.41 Å². The lowest BCUT2D eigenvalue weighted by Gasteiger charge is -1.95. The van der Waals surface area contributed by atoms with Crippen molar-refractivity contribution in [3.8, 4) is 17.2 Å². The second kappa shape index (κ2) is 8.57. The lowest BCUT2D eigenvalue weighted by Crippen LogP contribution is -2.21. The van der Waals surface area contributed by atoms with Crippen LogP contribution in [-0.4, -0.2) is 27.6 Å². The molecule has 0 saturated carbocycles. The van der Waals surface area contributed by atoms with Crippen LogP contribution in [0.15, 0.2) is 29.8 Å². The standard InChI is InChI=1S/C7H11NO2.C6H6O3/c1-3-4-6(2)7(10)8-5-9;7-4-1-2-5(8)6(9)3-4/h4-5H,3H2,1-2H3,(H,8,9,10);1-3,7-9H. The predicted molar refractivity (Wildman–Crippen MR) is 69.7 cm³/mol. The van der Waals surface area contributed by atoms with Gasteiger partial charge in [-0.3, -0.25) is 14.9 Å². The molecule has 1 rings (SSSR count). The molecule has 0 aliphatic carbocycles. The van der Waals surface area contributed by atoms with Crippen LogP contribution in [0.3, 0.4) is 0 Å². The van der Waals surface area contributed by atoms with Crippen LogP contribution in [0.4, 0.5) is 0 Å². The number of imide groups is 1. The summed E-state index contributed by atoms with van der Waals surface area (Å²) in [6.45, 7) is 3.60. The van der Waals surface area contributed by atoms with Gasteiger partial charge in [0.25, 0.3) is 5.91 Å². The number of carbonyl (C=O) groups is 2. The molecule has 4 N–H and O–H groups in total. The Hall–Kier alpha value is -2.50. The molecule has 1 aromatic carbocycles. The van der Waals surface area contributed by atoms with E-state index < -0.39 is 0 Å². The third-order valence-corrected chi connectivity index (χ3v) is 2.02. The number of rotatable bonds is 3. The maximum absolute atomic E-state index is 10.7. The first-order valence-corrected chi connectivity index (χ1v) is 5.54. The first-order valence-electron chi connectivity index (χ1n) is 5.54. The van der Waals surface area contributed by atoms with E-state index in [9.17, 15) is 9.59 Å². The maximum Gasteiger partial charge on any atom is 0.252 e. The summed E-state index contributed by atoms with van der Waals surface area (Å²) in [7, 11) is 0. The summed E-state index contributed by atoms with van der Waals surface area (Å²) in [6.07, 6.45) is 2.95. The molecule has 0 saturated heterocycles. The Labute approximate surface area is 111 Å². The summed E-state index contributed by atoms with van der Waals surface area (Å²) in [6, 6.07) is 3.56. The second-order valence-corrected chi connectivity index (χ2v) is 3.56. The van der Waals surface area contributed by atoms with Crippen LogP contribution in [0.5, 0.6) is 17.2 Å². The highest BCUT2D eigenvalue weighted by atomic mass is 16.3. The minimum Gasteiger partial charge on any atom is -0.508 e. The van der Waals surface area contributed by atoms with Gasteiger partial charge in [-0.15, -0.1) is 0 Å². The highest BCUT2D eigenvalue weighted by molar-refractivity contribution is 5.98. The highest BCUT2D eigenvalue weighted by Crippen LogP contribution is 2.27. The molecule has 104 valence electrons. The Balaban J connectivity index is 0.000000342. The maximum atomic E-state index is 10.7. The summed E-state index contributed by atoms with van der Waals surface area (Å²) in [4.78, 5) is 20.5. The number of aromatic hydroxyl groups is 3. The Morgan fingerprint density at radius 3 is 2.32 bits per heavy atom. The number of allylic oxidation sites excluding steroid dienone is 1. The van der Waals surface area contributed by atoms with Crippen LogP contribution in [0.25, 0.3) is 0 Å². The molecular weight excluding hydrogens is 250 g/mol. The van der Waals surface area contributed by atoms with Gasteiger partial charge in [-0.25, -0.2) is 0 Å². The van der Waals surface area contributed by atoms with E-state index in [0.717, 1.165) is 12.5 Å². The van der Waals surface area contributed by atoms with E-state index in [1.165, 1.54) is 12.1 Å². The third-order valence-electron chi connectivity index (χ3n) is 2.02. The Kier molecular flexibility index (Phi) is 7.44. The number of hydrogen-bond acceptors (Lipinski definition) is 5. The van der Waals surface area contributed by atoms with E-state index in [4.69, 9.17) is 15.3 Å². The number of phenolic OH excluding ortho intramolecular Hbond substituents is 3. The molecule has 0 bridgehead atoms. The van der Waals surface area contributed by atoms with E-state index in [1.807, 2.05) is 12.2 Å². The molecule has 6 nitrogen and oxygen atoms in total. The molecule has 0 aliphatic rings. The Bertz CT molecular complexity index is 468. The molecule has 0 aromatic heterocycles. The van der Waals surface area contributed by atoms with Crippen molar-refractivity contribution in [1.29, 1.82) is 0 Å². The highest BCUT2D eigenvalue weighted by Gasteiger charge is 1.99. The number of nitrogens with one attached hydrogen (secondary N) is 1. The quantitative estimate of drug-likeness (QED) is 0.287. The molecular formula is C13H17NO5. The summed E-state index contributed by atoms with van der Waals surface area (Å²) in [5.74, 6) is -0.926. The summed E-state index contributed by atoms with van der Waals surface area (Å²) in [5.41, 5.74) is 0.578. The second-order valence-electron chi connectivity index (χ2n) is 3.56. The largest absolute Gasteiger partial charge is 0.508 e. The molecule has 0 unspecified atom stereocenters. The predicted octanol–water partition coefficient (Wildman–Crippen LogP) is 1.42. The van der Waals surface area contributed by atoms with Crippen LogP contribution in [0, 0.1) is 0 Å². The number of hydrogen-bond donors (Lipinski definition) is 4. The summed E-state index contributed by atoms with van der Waals surface area (Å²) < 4.78 is 0. The van der Waals surface area contributed by atoms with E-state index in [2.05, 4.69) is 0 Å². The fraction of sp³-hybridized carbons (Fsp3) is 0.231. The van der Waals surface area contributed by atoms with Gasteiger partial charge < -0.3 is 15.3 Å². The first kappa shape index (κ1) is 16.5. The van der Waals surface area contributed by atoms with Crippen LogP contribution in [-0.2, 0) is 9.59 Å². The zero-order valence-corrected chi connectivity index (χ0v) is 10.8. The monoisotopic (exact) mass is 267 g/mol. The van der Waals surface area contributed by atoms with E-state index in [0.29, 0.717) is 12.0 Å². The van der Waals surface area contributed by atoms with Crippen LogP contribution in [0.2, 0.25) is 0 Å². The topological polar surface area (TPSA) is 107 Å². The summed E-state index contributed by atoms with van der Waals surface area (Å²) in [5, 5.41) is 28.1. The SMILES string of the molecule is CCC=C(C)C(=O)NC=O.Oc1ccc(O)c(O)c1. The van der Waals surface area contributed by atoms with E-state index in [1.54, 1.807) is 13.0 Å². The van der Waals surface area contributed by atoms with Crippen LogP contribution < -0.4 is 5.32 Å². The lowest BCUT2D eigenvalue weighted by molar-refractivity contribution is -0.122. The molecule has 1 aromatic rings. The van der Waals surface area contributed by atoms with Gasteiger partial charge in [0.1, 0.15) is 5.75 Å². The van der Waals surface area contributed by atoms with Gasteiger partial charge in [-0.05, 0) is 25.5 Å². The molecule has 6 heteroatoms. The van der Waals surface area contributed by atoms with Crippen molar-refractivity contribution in [2.75, 3.05) is 0 Å². The molecule has 0 fully saturated rings. The fourth-order valence-electron chi connectivity index (χ4n) is 1.08. The minimum atomic E-state index is -0.322. The van der Waals surface area contributed by atoms with Gasteiger partial charge >= 0.3 is 0 Å². The number of benzene rings is 1. The zero-order valence-electron chi connectivity index (χ0n) is 10.8. The molecule has 0 atom stereocenters. The molecule has 0 radical (unpaired) electrons. The Morgan fingerprint density at radius 1 is 1.26 bits per heavy atom. The van der Waals surface area contributed by atoms with Gasteiger partial charge in [0.15, 0.2) is 11.5 Å². The van der Waals surface area contributed by atoms with E-state index in [-0.39, 0.29) is 23.2 Å². The van der Waals surface area contributed by atoms with Crippen LogP contribution >= 0.6 is 0 Å². The number of phenols is 3. The molecule has 19 heavy (non-hydrogen) atoms. The fourth-order valence-corrected chi connectivity index (χ4v) is 1.08. The Morgan fingerprint density at radius 2 is 1.89 bits per heavy atom. The van der Waals surface area contributed by atoms with Crippen molar-refractivity contribution < 1.29 is 24.9 Å². The molecule has 2 amide bonds.